The molecule has 1 fully saturated rings. The largest absolute Gasteiger partial charge is 0.492 e. The number of H-pyrrole nitrogens is 1. The third-order valence-corrected chi connectivity index (χ3v) is 9.27. The Hall–Kier alpha value is -3.74. The molecule has 0 bridgehead atoms. The lowest BCUT2D eigenvalue weighted by molar-refractivity contribution is 0.177. The fourth-order valence-corrected chi connectivity index (χ4v) is 6.64. The number of rotatable bonds is 12. The van der Waals surface area contributed by atoms with Crippen LogP contribution in [0.3, 0.4) is 0 Å². The van der Waals surface area contributed by atoms with Crippen LogP contribution in [0.1, 0.15) is 76.8 Å². The number of aromatic amines is 1. The Kier molecular flexibility index (Phi) is 10.7. The molecule has 0 saturated heterocycles. The highest BCUT2D eigenvalue weighted by Gasteiger charge is 2.20. The van der Waals surface area contributed by atoms with Crippen molar-refractivity contribution in [2.45, 2.75) is 72.3 Å². The maximum Gasteiger partial charge on any atom is 0.132 e. The molecule has 4 aromatic rings. The number of hydrogen-bond acceptors (Lipinski definition) is 5. The van der Waals surface area contributed by atoms with Crippen LogP contribution in [0.5, 0.6) is 0 Å². The molecule has 5 rings (SSSR count). The van der Waals surface area contributed by atoms with Gasteiger partial charge in [-0.25, -0.2) is 4.98 Å². The van der Waals surface area contributed by atoms with Crippen LogP contribution in [0.15, 0.2) is 84.7 Å². The number of aromatic nitrogens is 3. The number of imidazole rings is 1. The number of hydrogen-bond donors (Lipinski definition) is 2. The van der Waals surface area contributed by atoms with Gasteiger partial charge in [0.25, 0.3) is 0 Å². The van der Waals surface area contributed by atoms with Crippen molar-refractivity contribution in [3.05, 3.63) is 95.3 Å². The monoisotopic (exact) mass is 606 g/mol. The highest BCUT2D eigenvalue weighted by Crippen LogP contribution is 2.35. The van der Waals surface area contributed by atoms with Gasteiger partial charge in [0, 0.05) is 28.8 Å². The van der Waals surface area contributed by atoms with Gasteiger partial charge in [0.2, 0.25) is 0 Å². The predicted octanol–water partition coefficient (Wildman–Crippen LogP) is 10.2. The molecule has 0 unspecified atom stereocenters. The van der Waals surface area contributed by atoms with E-state index < -0.39 is 0 Å². The third kappa shape index (κ3) is 7.85. The fourth-order valence-electron chi connectivity index (χ4n) is 5.72. The quantitative estimate of drug-likeness (QED) is 0.124. The molecule has 5 nitrogen and oxygen atoms in total. The van der Waals surface area contributed by atoms with Gasteiger partial charge in [0.1, 0.15) is 5.76 Å². The molecule has 1 aliphatic rings. The van der Waals surface area contributed by atoms with Gasteiger partial charge in [-0.2, -0.15) is 0 Å². The summed E-state index contributed by atoms with van der Waals surface area (Å²) in [5.41, 5.74) is 14.6. The van der Waals surface area contributed by atoms with Crippen LogP contribution < -0.4 is 5.73 Å². The number of nitrogens with two attached hydrogens (primary N) is 1. The number of ether oxygens (including phenoxy) is 1. The Morgan fingerprint density at radius 2 is 1.91 bits per heavy atom. The molecule has 1 aliphatic carbocycles. The van der Waals surface area contributed by atoms with Crippen molar-refractivity contribution in [2.24, 2.45) is 17.6 Å². The lowest BCUT2D eigenvalue weighted by Gasteiger charge is -2.26. The van der Waals surface area contributed by atoms with Gasteiger partial charge >= 0.3 is 0 Å². The van der Waals surface area contributed by atoms with Gasteiger partial charge in [-0.15, -0.1) is 11.3 Å². The third-order valence-electron chi connectivity index (χ3n) is 8.32. The highest BCUT2D eigenvalue weighted by molar-refractivity contribution is 7.11. The summed E-state index contributed by atoms with van der Waals surface area (Å²) in [7, 11) is 0. The van der Waals surface area contributed by atoms with E-state index in [0.29, 0.717) is 17.9 Å². The van der Waals surface area contributed by atoms with Crippen molar-refractivity contribution < 1.29 is 4.74 Å². The van der Waals surface area contributed by atoms with Crippen LogP contribution in [0.4, 0.5) is 0 Å². The first-order chi connectivity index (χ1) is 21.3. The molecule has 0 atom stereocenters. The molecule has 1 saturated carbocycles. The normalized spacial score (nSPS) is 18.0. The first kappa shape index (κ1) is 31.7. The summed E-state index contributed by atoms with van der Waals surface area (Å²) in [5, 5.41) is 3.31. The SMILES string of the molecule is C=C(C)/C=C\C=C(\c1nc[nH]c1-c1ccc2ncc(-c3csc(/C(=C/CCC)OCC4CCC(N)CC4)c3)cc2c1)C(C)C. The van der Waals surface area contributed by atoms with Crippen molar-refractivity contribution in [1.82, 2.24) is 15.0 Å². The molecule has 3 N–H and O–H groups in total. The van der Waals surface area contributed by atoms with Crippen LogP contribution in [0.2, 0.25) is 0 Å². The number of benzene rings is 1. The maximum atomic E-state index is 6.46. The second-order valence-corrected chi connectivity index (χ2v) is 13.3. The van der Waals surface area contributed by atoms with E-state index in [9.17, 15) is 0 Å². The Balaban J connectivity index is 1.40. The topological polar surface area (TPSA) is 76.8 Å². The fraction of sp³-hybridized carbons (Fsp3) is 0.368. The number of nitrogens with one attached hydrogen (secondary N) is 1. The predicted molar refractivity (Wildman–Crippen MR) is 188 cm³/mol. The van der Waals surface area contributed by atoms with Crippen molar-refractivity contribution in [3.63, 3.8) is 0 Å². The summed E-state index contributed by atoms with van der Waals surface area (Å²) in [4.78, 5) is 14.1. The van der Waals surface area contributed by atoms with Crippen LogP contribution in [-0.2, 0) is 4.74 Å². The van der Waals surface area contributed by atoms with E-state index in [1.807, 2.05) is 19.2 Å². The summed E-state index contributed by atoms with van der Waals surface area (Å²) in [6, 6.07) is 11.3. The van der Waals surface area contributed by atoms with Crippen molar-refractivity contribution >= 4 is 33.6 Å². The van der Waals surface area contributed by atoms with Crippen molar-refractivity contribution in [1.29, 1.82) is 0 Å². The van der Waals surface area contributed by atoms with E-state index in [0.717, 1.165) is 95.4 Å². The molecule has 0 aliphatic heterocycles. The minimum absolute atomic E-state index is 0.314. The van der Waals surface area contributed by atoms with E-state index in [-0.39, 0.29) is 0 Å². The second-order valence-electron chi connectivity index (χ2n) is 12.4. The minimum Gasteiger partial charge on any atom is -0.492 e. The molecule has 230 valence electrons. The van der Waals surface area contributed by atoms with Crippen LogP contribution >= 0.6 is 11.3 Å². The van der Waals surface area contributed by atoms with Gasteiger partial charge < -0.3 is 15.5 Å². The van der Waals surface area contributed by atoms with Crippen LogP contribution in [-0.4, -0.2) is 27.6 Å². The summed E-state index contributed by atoms with van der Waals surface area (Å²) in [6.07, 6.45) is 18.9. The number of thiophene rings is 1. The molecule has 3 aromatic heterocycles. The van der Waals surface area contributed by atoms with Crippen molar-refractivity contribution in [2.75, 3.05) is 6.61 Å². The van der Waals surface area contributed by atoms with E-state index in [1.54, 1.807) is 17.7 Å². The first-order valence-electron chi connectivity index (χ1n) is 16.0. The second kappa shape index (κ2) is 14.8. The zero-order chi connectivity index (χ0) is 31.1. The Morgan fingerprint density at radius 3 is 2.66 bits per heavy atom. The lowest BCUT2D eigenvalue weighted by atomic mass is 9.87. The summed E-state index contributed by atoms with van der Waals surface area (Å²) >= 11 is 1.74. The van der Waals surface area contributed by atoms with E-state index in [2.05, 4.69) is 86.3 Å². The number of pyridine rings is 1. The van der Waals surface area contributed by atoms with Gasteiger partial charge in [0.05, 0.1) is 34.7 Å². The molecule has 0 amide bonds. The number of allylic oxidation sites excluding steroid dienone is 6. The molecule has 6 heteroatoms. The Bertz CT molecular complexity index is 1660. The first-order valence-corrected chi connectivity index (χ1v) is 16.9. The zero-order valence-corrected chi connectivity index (χ0v) is 27.4. The van der Waals surface area contributed by atoms with E-state index in [1.165, 1.54) is 10.5 Å². The summed E-state index contributed by atoms with van der Waals surface area (Å²) < 4.78 is 6.46. The van der Waals surface area contributed by atoms with E-state index >= 15 is 0 Å². The molecular formula is C38H46N4OS. The van der Waals surface area contributed by atoms with Gasteiger partial charge in [-0.1, -0.05) is 63.6 Å². The molecule has 3 heterocycles. The number of unbranched alkanes of at least 4 members (excludes halogenated alkanes) is 1. The minimum atomic E-state index is 0.314. The van der Waals surface area contributed by atoms with Crippen LogP contribution in [0.25, 0.3) is 44.6 Å². The molecule has 44 heavy (non-hydrogen) atoms. The smallest absolute Gasteiger partial charge is 0.132 e. The average Bonchev–Trinajstić information content (AvgIpc) is 3.70. The summed E-state index contributed by atoms with van der Waals surface area (Å²) in [6.45, 7) is 13.3. The number of fused-ring (bicyclic) bond motifs is 1. The van der Waals surface area contributed by atoms with Gasteiger partial charge in [0.15, 0.2) is 0 Å². The van der Waals surface area contributed by atoms with Crippen LogP contribution in [0, 0.1) is 11.8 Å². The molecule has 0 radical (unpaired) electrons. The average molecular weight is 607 g/mol. The Labute approximate surface area is 266 Å². The van der Waals surface area contributed by atoms with Gasteiger partial charge in [-0.05, 0) is 97.7 Å². The Morgan fingerprint density at radius 1 is 1.11 bits per heavy atom. The van der Waals surface area contributed by atoms with E-state index in [4.69, 9.17) is 20.4 Å². The maximum absolute atomic E-state index is 6.46. The molecule has 1 aromatic carbocycles. The standard InChI is InChI=1S/C38H46N4OS/c1-6-7-11-35(43-22-27-12-15-32(39)16-13-27)36-20-31(23-44-36)30-19-29-18-28(14-17-34(29)40-21-30)37-38(42-24-41-37)33(26(4)5)10-8-9-25(2)3/h8-11,14,17-21,23-24,26-27,32H,2,6-7,12-13,15-16,22,39H2,1,3-5H3,(H,41,42)/b9-8-,33-10+,35-11-. The lowest BCUT2D eigenvalue weighted by Crippen LogP contribution is -2.28. The molecular weight excluding hydrogens is 561 g/mol. The van der Waals surface area contributed by atoms with Gasteiger partial charge in [-0.3, -0.25) is 4.98 Å². The summed E-state index contributed by atoms with van der Waals surface area (Å²) in [5.74, 6) is 1.91. The zero-order valence-electron chi connectivity index (χ0n) is 26.6. The molecule has 0 spiro atoms. The number of nitrogens with zero attached hydrogens (tertiary/aromatic N) is 2. The van der Waals surface area contributed by atoms with Crippen molar-refractivity contribution in [3.8, 4) is 22.4 Å². The highest BCUT2D eigenvalue weighted by atomic mass is 32.1.